The van der Waals surface area contributed by atoms with Crippen molar-refractivity contribution in [1.29, 1.82) is 0 Å². The molecule has 4 nitrogen and oxygen atoms in total. The quantitative estimate of drug-likeness (QED) is 0.879. The van der Waals surface area contributed by atoms with Gasteiger partial charge in [0, 0.05) is 18.9 Å². The number of rotatable bonds is 5. The van der Waals surface area contributed by atoms with Crippen LogP contribution in [0.2, 0.25) is 5.02 Å². The molecular formula is C15H15ClFN3O. The van der Waals surface area contributed by atoms with Crippen molar-refractivity contribution < 1.29 is 9.18 Å². The van der Waals surface area contributed by atoms with Gasteiger partial charge < -0.3 is 10.6 Å². The average molecular weight is 308 g/mol. The first-order valence-corrected chi connectivity index (χ1v) is 6.94. The second-order valence-corrected chi connectivity index (χ2v) is 4.83. The van der Waals surface area contributed by atoms with Gasteiger partial charge in [0.15, 0.2) is 0 Å². The molecule has 0 saturated heterocycles. The first-order valence-electron chi connectivity index (χ1n) is 6.56. The van der Waals surface area contributed by atoms with Gasteiger partial charge in [-0.1, -0.05) is 18.5 Å². The summed E-state index contributed by atoms with van der Waals surface area (Å²) in [5.41, 5.74) is 1.46. The summed E-state index contributed by atoms with van der Waals surface area (Å²) in [6, 6.07) is 5.54. The molecule has 0 spiro atoms. The highest BCUT2D eigenvalue weighted by Crippen LogP contribution is 2.24. The maximum Gasteiger partial charge on any atom is 0.259 e. The number of halogens is 2. The number of amides is 1. The van der Waals surface area contributed by atoms with Gasteiger partial charge in [0.05, 0.1) is 22.0 Å². The summed E-state index contributed by atoms with van der Waals surface area (Å²) in [6.07, 6.45) is 4.03. The van der Waals surface area contributed by atoms with Crippen molar-refractivity contribution >= 4 is 28.9 Å². The summed E-state index contributed by atoms with van der Waals surface area (Å²) < 4.78 is 13.0. The third kappa shape index (κ3) is 3.92. The van der Waals surface area contributed by atoms with Crippen LogP contribution in [0.25, 0.3) is 0 Å². The first kappa shape index (κ1) is 15.3. The molecule has 0 radical (unpaired) electrons. The van der Waals surface area contributed by atoms with Crippen molar-refractivity contribution in [2.75, 3.05) is 17.2 Å². The van der Waals surface area contributed by atoms with Crippen molar-refractivity contribution in [3.05, 3.63) is 53.1 Å². The van der Waals surface area contributed by atoms with Gasteiger partial charge in [0.1, 0.15) is 5.82 Å². The molecule has 0 saturated carbocycles. The molecule has 2 aromatic rings. The van der Waals surface area contributed by atoms with Gasteiger partial charge in [0.25, 0.3) is 5.91 Å². The molecule has 0 unspecified atom stereocenters. The number of carbonyl (C=O) groups excluding carboxylic acids is 1. The van der Waals surface area contributed by atoms with E-state index < -0.39 is 5.82 Å². The Balaban J connectivity index is 2.20. The van der Waals surface area contributed by atoms with Crippen molar-refractivity contribution in [1.82, 2.24) is 4.98 Å². The highest BCUT2D eigenvalue weighted by atomic mass is 35.5. The topological polar surface area (TPSA) is 54.0 Å². The van der Waals surface area contributed by atoms with E-state index in [0.717, 1.165) is 19.0 Å². The minimum atomic E-state index is -0.454. The molecule has 0 aliphatic rings. The van der Waals surface area contributed by atoms with Gasteiger partial charge in [0.2, 0.25) is 0 Å². The van der Waals surface area contributed by atoms with Crippen molar-refractivity contribution in [3.8, 4) is 0 Å². The molecule has 110 valence electrons. The number of nitrogens with zero attached hydrogens (tertiary/aromatic N) is 1. The van der Waals surface area contributed by atoms with Crippen LogP contribution < -0.4 is 10.6 Å². The van der Waals surface area contributed by atoms with E-state index in [4.69, 9.17) is 11.6 Å². The number of carbonyl (C=O) groups is 1. The minimum absolute atomic E-state index is 0.148. The Labute approximate surface area is 127 Å². The van der Waals surface area contributed by atoms with Gasteiger partial charge in [-0.25, -0.2) is 4.39 Å². The van der Waals surface area contributed by atoms with Gasteiger partial charge in [-0.05, 0) is 30.7 Å². The molecule has 0 bridgehead atoms. The lowest BCUT2D eigenvalue weighted by Crippen LogP contribution is -2.15. The van der Waals surface area contributed by atoms with Crippen LogP contribution in [0.1, 0.15) is 23.7 Å². The zero-order valence-electron chi connectivity index (χ0n) is 11.5. The highest BCUT2D eigenvalue weighted by molar-refractivity contribution is 6.34. The summed E-state index contributed by atoms with van der Waals surface area (Å²) in [4.78, 5) is 16.3. The number of pyridine rings is 1. The van der Waals surface area contributed by atoms with E-state index in [9.17, 15) is 9.18 Å². The Bertz CT molecular complexity index is 649. The van der Waals surface area contributed by atoms with Gasteiger partial charge in [-0.3, -0.25) is 9.78 Å². The van der Waals surface area contributed by atoms with E-state index in [0.29, 0.717) is 16.9 Å². The second-order valence-electron chi connectivity index (χ2n) is 4.43. The Kier molecular flexibility index (Phi) is 5.11. The number of nitrogens with one attached hydrogen (secondary N) is 2. The molecule has 1 heterocycles. The molecule has 0 atom stereocenters. The van der Waals surface area contributed by atoms with E-state index in [2.05, 4.69) is 15.6 Å². The fourth-order valence-corrected chi connectivity index (χ4v) is 1.98. The van der Waals surface area contributed by atoms with Crippen LogP contribution in [0, 0.1) is 5.82 Å². The van der Waals surface area contributed by atoms with Crippen molar-refractivity contribution in [3.63, 3.8) is 0 Å². The summed E-state index contributed by atoms with van der Waals surface area (Å²) in [5.74, 6) is -0.806. The number of aromatic nitrogens is 1. The molecule has 6 heteroatoms. The molecule has 1 aromatic carbocycles. The predicted molar refractivity (Wildman–Crippen MR) is 82.4 cm³/mol. The number of hydrogen-bond donors (Lipinski definition) is 2. The summed E-state index contributed by atoms with van der Waals surface area (Å²) in [7, 11) is 0. The van der Waals surface area contributed by atoms with E-state index in [-0.39, 0.29) is 10.9 Å². The molecular weight excluding hydrogens is 293 g/mol. The average Bonchev–Trinajstić information content (AvgIpc) is 2.48. The lowest BCUT2D eigenvalue weighted by Gasteiger charge is -2.12. The SMILES string of the molecule is CCCNc1ccncc1C(=O)Nc1ccc(F)cc1Cl. The molecule has 0 aliphatic heterocycles. The zero-order chi connectivity index (χ0) is 15.2. The second kappa shape index (κ2) is 7.04. The predicted octanol–water partition coefficient (Wildman–Crippen LogP) is 3.95. The largest absolute Gasteiger partial charge is 0.384 e. The smallest absolute Gasteiger partial charge is 0.259 e. The highest BCUT2D eigenvalue weighted by Gasteiger charge is 2.13. The summed E-state index contributed by atoms with van der Waals surface area (Å²) in [5, 5.41) is 5.96. The Hall–Kier alpha value is -2.14. The van der Waals surface area contributed by atoms with E-state index in [1.807, 2.05) is 6.92 Å². The van der Waals surface area contributed by atoms with E-state index in [1.165, 1.54) is 18.3 Å². The fourth-order valence-electron chi connectivity index (χ4n) is 1.77. The molecule has 1 amide bonds. The van der Waals surface area contributed by atoms with Crippen LogP contribution in [0.4, 0.5) is 15.8 Å². The molecule has 21 heavy (non-hydrogen) atoms. The Morgan fingerprint density at radius 1 is 1.33 bits per heavy atom. The molecule has 2 N–H and O–H groups in total. The van der Waals surface area contributed by atoms with Crippen LogP contribution in [-0.2, 0) is 0 Å². The Morgan fingerprint density at radius 2 is 2.14 bits per heavy atom. The fraction of sp³-hybridized carbons (Fsp3) is 0.200. The van der Waals surface area contributed by atoms with Crippen LogP contribution in [-0.4, -0.2) is 17.4 Å². The summed E-state index contributed by atoms with van der Waals surface area (Å²) >= 11 is 5.90. The van der Waals surface area contributed by atoms with Crippen molar-refractivity contribution in [2.24, 2.45) is 0 Å². The molecule has 2 rings (SSSR count). The van der Waals surface area contributed by atoms with Gasteiger partial charge in [-0.2, -0.15) is 0 Å². The maximum atomic E-state index is 13.0. The first-order chi connectivity index (χ1) is 10.1. The zero-order valence-corrected chi connectivity index (χ0v) is 12.2. The Morgan fingerprint density at radius 3 is 2.86 bits per heavy atom. The number of anilines is 2. The van der Waals surface area contributed by atoms with Crippen molar-refractivity contribution in [2.45, 2.75) is 13.3 Å². The lowest BCUT2D eigenvalue weighted by molar-refractivity contribution is 0.102. The van der Waals surface area contributed by atoms with E-state index in [1.54, 1.807) is 12.3 Å². The van der Waals surface area contributed by atoms with Gasteiger partial charge >= 0.3 is 0 Å². The van der Waals surface area contributed by atoms with E-state index >= 15 is 0 Å². The molecule has 1 aromatic heterocycles. The van der Waals surface area contributed by atoms with Crippen LogP contribution in [0.15, 0.2) is 36.7 Å². The lowest BCUT2D eigenvalue weighted by atomic mass is 10.2. The number of benzene rings is 1. The molecule has 0 fully saturated rings. The van der Waals surface area contributed by atoms with Gasteiger partial charge in [-0.15, -0.1) is 0 Å². The normalized spacial score (nSPS) is 10.2. The minimum Gasteiger partial charge on any atom is -0.384 e. The third-order valence-electron chi connectivity index (χ3n) is 2.81. The molecule has 0 aliphatic carbocycles. The summed E-state index contributed by atoms with van der Waals surface area (Å²) in [6.45, 7) is 2.79. The monoisotopic (exact) mass is 307 g/mol. The van der Waals surface area contributed by atoms with Crippen LogP contribution in [0.5, 0.6) is 0 Å². The third-order valence-corrected chi connectivity index (χ3v) is 3.12. The van der Waals surface area contributed by atoms with Crippen LogP contribution >= 0.6 is 11.6 Å². The standard InChI is InChI=1S/C15H15ClFN3O/c1-2-6-19-13-5-7-18-9-11(13)15(21)20-14-4-3-10(17)8-12(14)16/h3-5,7-9H,2,6H2,1H3,(H,18,19)(H,20,21). The maximum absolute atomic E-state index is 13.0. The van der Waals surface area contributed by atoms with Crippen LogP contribution in [0.3, 0.4) is 0 Å². The number of hydrogen-bond acceptors (Lipinski definition) is 3.